The number of esters is 2. The lowest BCUT2D eigenvalue weighted by Crippen LogP contribution is -2.54. The maximum Gasteiger partial charge on any atom is 0.340 e. The van der Waals surface area contributed by atoms with Crippen LogP contribution in [0.3, 0.4) is 0 Å². The molecule has 5 fully saturated rings. The van der Waals surface area contributed by atoms with E-state index < -0.39 is 17.4 Å². The molecule has 4 saturated carbocycles. The summed E-state index contributed by atoms with van der Waals surface area (Å²) < 4.78 is 13.3. The van der Waals surface area contributed by atoms with E-state index in [-0.39, 0.29) is 71.4 Å². The van der Waals surface area contributed by atoms with Crippen LogP contribution in [0.25, 0.3) is 0 Å². The normalized spacial score (nSPS) is 36.7. The minimum absolute atomic E-state index is 0.00764. The number of carbonyl (C=O) groups excluding carboxylic acids is 4. The molecule has 0 unspecified atom stereocenters. The van der Waals surface area contributed by atoms with Crippen molar-refractivity contribution in [2.45, 2.75) is 153 Å². The molecule has 2 amide bonds. The number of aliphatic hydroxyl groups excluding tert-OH is 2. The number of imide groups is 1. The second kappa shape index (κ2) is 21.0. The molecule has 8 atom stereocenters. The van der Waals surface area contributed by atoms with Crippen molar-refractivity contribution in [1.29, 1.82) is 0 Å². The Morgan fingerprint density at radius 1 is 0.901 bits per heavy atom. The summed E-state index contributed by atoms with van der Waals surface area (Å²) in [4.78, 5) is 58.4. The molecule has 71 heavy (non-hydrogen) atoms. The van der Waals surface area contributed by atoms with E-state index in [0.717, 1.165) is 117 Å². The number of hydrogen-bond acceptors (Lipinski definition) is 13. The number of cyclic esters (lactones) is 1. The number of dihydropyridines is 1. The number of hydrogen-bond donors (Lipinski definition) is 5. The predicted molar refractivity (Wildman–Crippen MR) is 276 cm³/mol. The van der Waals surface area contributed by atoms with E-state index in [1.807, 2.05) is 10.8 Å². The maximum atomic E-state index is 15.4. The molecule has 0 aromatic rings. The molecule has 384 valence electrons. The summed E-state index contributed by atoms with van der Waals surface area (Å²) in [6.07, 6.45) is 32.1. The summed E-state index contributed by atoms with van der Waals surface area (Å²) in [5, 5.41) is 32.6. The van der Waals surface area contributed by atoms with Crippen LogP contribution in [0.1, 0.15) is 142 Å². The molecule has 1 saturated heterocycles. The van der Waals surface area contributed by atoms with Crippen molar-refractivity contribution >= 4 is 45.3 Å². The average molecular weight is 1010 g/mol. The Labute approximate surface area is 428 Å². The van der Waals surface area contributed by atoms with E-state index in [9.17, 15) is 24.6 Å². The molecule has 12 nitrogen and oxygen atoms in total. The third-order valence-corrected chi connectivity index (χ3v) is 22.1. The Morgan fingerprint density at radius 3 is 2.45 bits per heavy atom. The number of nitrogens with zero attached hydrogens (tertiary/aromatic N) is 1. The van der Waals surface area contributed by atoms with Crippen LogP contribution in [0.2, 0.25) is 0 Å². The van der Waals surface area contributed by atoms with Gasteiger partial charge in [0, 0.05) is 61.4 Å². The quantitative estimate of drug-likeness (QED) is 0.0715. The zero-order chi connectivity index (χ0) is 48.9. The lowest BCUT2D eigenvalue weighted by molar-refractivity contribution is -0.138. The fourth-order valence-corrected chi connectivity index (χ4v) is 18.4. The zero-order valence-corrected chi connectivity index (χ0v) is 43.4. The van der Waals surface area contributed by atoms with E-state index in [0.29, 0.717) is 67.3 Å². The molecule has 14 heteroatoms. The minimum atomic E-state index is -0.934. The molecule has 5 aliphatic heterocycles. The highest BCUT2D eigenvalue weighted by Crippen LogP contribution is 2.72. The Balaban J connectivity index is 1.05. The molecular weight excluding hydrogens is 933 g/mol. The number of ether oxygens (including phenoxy) is 2. The lowest BCUT2D eigenvalue weighted by Gasteiger charge is -2.57. The van der Waals surface area contributed by atoms with Gasteiger partial charge in [-0.05, 0) is 160 Å². The largest absolute Gasteiger partial charge is 0.427 e. The average Bonchev–Trinajstić information content (AvgIpc) is 4.16. The lowest BCUT2D eigenvalue weighted by atomic mass is 9.43. The van der Waals surface area contributed by atoms with Crippen molar-refractivity contribution in [3.05, 3.63) is 81.7 Å². The Hall–Kier alpha value is -3.56. The number of fused-ring (bicyclic) bond motifs is 2. The van der Waals surface area contributed by atoms with Gasteiger partial charge in [0.15, 0.2) is 0 Å². The highest BCUT2D eigenvalue weighted by atomic mass is 33.1. The number of nitrogens with one attached hydrogen (secondary N) is 3. The summed E-state index contributed by atoms with van der Waals surface area (Å²) in [6, 6.07) is 0. The van der Waals surface area contributed by atoms with Crippen molar-refractivity contribution in [3.63, 3.8) is 0 Å². The monoisotopic (exact) mass is 1010 g/mol. The molecular formula is C57H76N4O8S2. The van der Waals surface area contributed by atoms with Gasteiger partial charge in [-0.2, -0.15) is 0 Å². The molecule has 0 aromatic heterocycles. The molecule has 5 heterocycles. The van der Waals surface area contributed by atoms with E-state index in [1.165, 1.54) is 49.2 Å². The van der Waals surface area contributed by atoms with Crippen LogP contribution in [0.5, 0.6) is 0 Å². The first-order valence-electron chi connectivity index (χ1n) is 27.7. The van der Waals surface area contributed by atoms with E-state index in [4.69, 9.17) is 9.47 Å². The minimum Gasteiger partial charge on any atom is -0.427 e. The van der Waals surface area contributed by atoms with Gasteiger partial charge in [-0.3, -0.25) is 14.5 Å². The summed E-state index contributed by atoms with van der Waals surface area (Å²) in [6.45, 7) is 3.62. The highest BCUT2D eigenvalue weighted by Gasteiger charge is 2.69. The van der Waals surface area contributed by atoms with Gasteiger partial charge < -0.3 is 35.6 Å². The zero-order valence-electron chi connectivity index (χ0n) is 41.7. The van der Waals surface area contributed by atoms with Crippen molar-refractivity contribution in [1.82, 2.24) is 20.9 Å². The van der Waals surface area contributed by atoms with Crippen LogP contribution < -0.4 is 16.0 Å². The first-order chi connectivity index (χ1) is 34.6. The van der Waals surface area contributed by atoms with Crippen molar-refractivity contribution in [3.8, 4) is 0 Å². The summed E-state index contributed by atoms with van der Waals surface area (Å²) >= 11 is 0. The van der Waals surface area contributed by atoms with Crippen LogP contribution >= 0.6 is 21.6 Å². The fraction of sp³-hybridized carbons (Fsp3) is 0.684. The Kier molecular flexibility index (Phi) is 14.7. The van der Waals surface area contributed by atoms with Gasteiger partial charge in [-0.15, -0.1) is 0 Å². The third kappa shape index (κ3) is 9.28. The van der Waals surface area contributed by atoms with Crippen LogP contribution in [0.15, 0.2) is 81.7 Å². The fourth-order valence-electron chi connectivity index (χ4n) is 15.9. The highest BCUT2D eigenvalue weighted by molar-refractivity contribution is 8.76. The smallest absolute Gasteiger partial charge is 0.340 e. The third-order valence-electron chi connectivity index (χ3n) is 19.6. The van der Waals surface area contributed by atoms with Gasteiger partial charge in [-0.25, -0.2) is 9.59 Å². The van der Waals surface area contributed by atoms with Gasteiger partial charge in [0.05, 0.1) is 34.2 Å². The molecule has 7 aliphatic carbocycles. The van der Waals surface area contributed by atoms with E-state index in [1.54, 1.807) is 10.8 Å². The first-order valence-corrected chi connectivity index (χ1v) is 30.1. The number of carbonyl (C=O) groups is 4. The standard InChI is InChI=1S/C57H76N4O8S2/c1-2-56(24-6-7-25-56)30-44-41-17-16-40-39-22-26-57(51(40)50(41)54(66)68-44)45-19-18-38(35-14-12-34(13-15-35)9-8-28-62)53(59-31-43(63)36-10-4-3-5-11-36)71-70-33-60-46-29-37(23-27-58-46)42(49(39)52(57)55(67)69-45)32-61-47(64)20-21-48(61)65/h19-21,23,29-30,34-36,38-40,42-43,51,53,58-60,62-63H,2-18,22,24-28,31-33H2,1H3/b44-30-,45-19-/t34?,35?,38-,39-,40-,42-,43-,51+,53+,57-/m0/s1. The molecule has 5 N–H and O–H groups in total. The summed E-state index contributed by atoms with van der Waals surface area (Å²) in [7, 11) is 3.60. The molecule has 0 aromatic carbocycles. The van der Waals surface area contributed by atoms with Crippen LogP contribution in [-0.2, 0) is 28.7 Å². The topological polar surface area (TPSA) is 167 Å². The second-order valence-corrected chi connectivity index (χ2v) is 25.5. The molecule has 12 rings (SSSR count). The predicted octanol–water partition coefficient (Wildman–Crippen LogP) is 9.16. The van der Waals surface area contributed by atoms with Gasteiger partial charge >= 0.3 is 11.9 Å². The van der Waals surface area contributed by atoms with Crippen LogP contribution in [0, 0.1) is 58.2 Å². The molecule has 0 radical (unpaired) electrons. The van der Waals surface area contributed by atoms with Gasteiger partial charge in [-0.1, -0.05) is 79.5 Å². The molecule has 7 bridgehead atoms. The van der Waals surface area contributed by atoms with Crippen molar-refractivity contribution < 1.29 is 38.9 Å². The van der Waals surface area contributed by atoms with Gasteiger partial charge in [0.25, 0.3) is 11.8 Å². The molecule has 12 aliphatic rings. The SMILES string of the molecule is CCC1(/C=C2\OC(=O)C3=C2CC[C@H]2[C@@H]4CC[C@@]5(C6=C4[C@@H](CN4C(=O)C=CC4=O)C4=CCNC(=C4)NCSS[C@@H](NC[C@H](O)C4CCCCC4)[C@H](C4CCC(CCCO)CC4)C/C=C/5OC6=O)[C@@H]32)CCCC1. The van der Waals surface area contributed by atoms with Crippen LogP contribution in [-0.4, -0.2) is 82.5 Å². The second-order valence-electron chi connectivity index (χ2n) is 23.0. The van der Waals surface area contributed by atoms with Crippen molar-refractivity contribution in [2.24, 2.45) is 58.2 Å². The number of allylic oxidation sites excluding steroid dienone is 5. The van der Waals surface area contributed by atoms with Gasteiger partial charge in [0.2, 0.25) is 0 Å². The first kappa shape index (κ1) is 49.6. The van der Waals surface area contributed by atoms with Gasteiger partial charge in [0.1, 0.15) is 11.5 Å². The number of rotatable bonds is 12. The van der Waals surface area contributed by atoms with E-state index in [2.05, 4.69) is 47.2 Å². The van der Waals surface area contributed by atoms with Crippen molar-refractivity contribution in [2.75, 3.05) is 32.1 Å². The summed E-state index contributed by atoms with van der Waals surface area (Å²) in [5.41, 5.74) is 3.36. The molecule has 1 spiro atoms. The van der Waals surface area contributed by atoms with Crippen LogP contribution in [0.4, 0.5) is 0 Å². The number of aliphatic hydroxyl groups is 2. The Bertz CT molecular complexity index is 2330. The van der Waals surface area contributed by atoms with E-state index >= 15 is 4.79 Å². The maximum absolute atomic E-state index is 15.4. The number of amides is 2. The summed E-state index contributed by atoms with van der Waals surface area (Å²) in [5.74, 6) is 2.05. The Morgan fingerprint density at radius 2 is 1.69 bits per heavy atom.